The fourth-order valence-corrected chi connectivity index (χ4v) is 1.63. The molecule has 0 saturated heterocycles. The van der Waals surface area contributed by atoms with E-state index in [1.165, 1.54) is 12.7 Å². The van der Waals surface area contributed by atoms with Crippen LogP contribution < -0.4 is 0 Å². The predicted molar refractivity (Wildman–Crippen MR) is 67.6 cm³/mol. The molecule has 0 saturated carbocycles. The van der Waals surface area contributed by atoms with Crippen LogP contribution in [0.2, 0.25) is 0 Å². The normalized spacial score (nSPS) is 10.9. The van der Waals surface area contributed by atoms with E-state index in [0.717, 1.165) is 22.5 Å². The predicted octanol–water partition coefficient (Wildman–Crippen LogP) is 2.63. The molecule has 1 aromatic carbocycles. The summed E-state index contributed by atoms with van der Waals surface area (Å²) >= 11 is 0. The van der Waals surface area contributed by atoms with Crippen molar-refractivity contribution in [2.75, 3.05) is 0 Å². The number of nitrogens with zero attached hydrogens (tertiary/aromatic N) is 4. The number of benzene rings is 1. The van der Waals surface area contributed by atoms with E-state index in [4.69, 9.17) is 0 Å². The van der Waals surface area contributed by atoms with Gasteiger partial charge in [0.1, 0.15) is 12.7 Å². The molecule has 0 amide bonds. The first-order valence-electron chi connectivity index (χ1n) is 5.42. The van der Waals surface area contributed by atoms with E-state index in [1.807, 2.05) is 39.0 Å². The summed E-state index contributed by atoms with van der Waals surface area (Å²) in [5.74, 6) is 0.614. The Hall–Kier alpha value is -1.61. The van der Waals surface area contributed by atoms with Gasteiger partial charge in [0.15, 0.2) is 5.82 Å². The van der Waals surface area contributed by atoms with Crippen LogP contribution in [-0.2, 0) is 16.5 Å². The third-order valence-corrected chi connectivity index (χ3v) is 2.54. The molecule has 0 radical (unpaired) electrons. The number of hydrogen-bond donors (Lipinski definition) is 0. The van der Waals surface area contributed by atoms with E-state index >= 15 is 0 Å². The van der Waals surface area contributed by atoms with Crippen LogP contribution in [0.1, 0.15) is 23.9 Å². The average molecular weight is 285 g/mol. The van der Waals surface area contributed by atoms with Crippen LogP contribution in [0.4, 0.5) is 5.69 Å². The number of aromatic nitrogens is 3. The Kier molecular flexibility index (Phi) is 5.11. The minimum Gasteiger partial charge on any atom is -0.249 e. The molecular weight excluding hydrogens is 271 g/mol. The maximum absolute atomic E-state index is 4.59. The molecule has 5 heteroatoms. The third kappa shape index (κ3) is 3.20. The Balaban J connectivity index is 0.00000162. The Morgan fingerprint density at radius 1 is 1.06 bits per heavy atom. The number of hydrogen-bond acceptors (Lipinski definition) is 4. The van der Waals surface area contributed by atoms with E-state index in [-0.39, 0.29) is 16.5 Å². The number of aliphatic imine (C=N–C) groups is 1. The molecule has 1 heterocycles. The second-order valence-electron chi connectivity index (χ2n) is 3.90. The fraction of sp³-hybridized carbons (Fsp3) is 0.231. The van der Waals surface area contributed by atoms with Gasteiger partial charge in [0, 0.05) is 16.5 Å². The summed E-state index contributed by atoms with van der Waals surface area (Å²) in [6.45, 7) is 6.00. The summed E-state index contributed by atoms with van der Waals surface area (Å²) < 4.78 is 0. The average Bonchev–Trinajstić information content (AvgIpc) is 2.35. The van der Waals surface area contributed by atoms with E-state index in [9.17, 15) is 0 Å². The summed E-state index contributed by atoms with van der Waals surface area (Å²) in [5, 5.41) is 0. The van der Waals surface area contributed by atoms with Gasteiger partial charge in [-0.2, -0.15) is 0 Å². The van der Waals surface area contributed by atoms with Crippen molar-refractivity contribution in [1.29, 1.82) is 0 Å². The Bertz CT molecular complexity index is 532. The van der Waals surface area contributed by atoms with Crippen molar-refractivity contribution < 1.29 is 16.5 Å². The van der Waals surface area contributed by atoms with Crippen molar-refractivity contribution in [3.63, 3.8) is 0 Å². The summed E-state index contributed by atoms with van der Waals surface area (Å²) in [6.07, 6.45) is 2.96. The minimum absolute atomic E-state index is 0. The van der Waals surface area contributed by atoms with Crippen LogP contribution in [0.5, 0.6) is 0 Å². The van der Waals surface area contributed by atoms with E-state index < -0.39 is 0 Å². The first-order valence-corrected chi connectivity index (χ1v) is 5.42. The smallest absolute Gasteiger partial charge is 0.176 e. The number of rotatable bonds is 2. The van der Waals surface area contributed by atoms with Gasteiger partial charge in [-0.15, -0.1) is 0 Å². The van der Waals surface area contributed by atoms with Crippen LogP contribution in [0.25, 0.3) is 0 Å². The summed E-state index contributed by atoms with van der Waals surface area (Å²) in [7, 11) is 0. The molecule has 0 bridgehead atoms. The SMILES string of the molecule is CC(=Nc1c(C)cccc1C)c1ncncn1.[Ni]. The molecule has 0 unspecified atom stereocenters. The summed E-state index contributed by atoms with van der Waals surface area (Å²) in [5.41, 5.74) is 4.09. The fourth-order valence-electron chi connectivity index (χ4n) is 1.63. The molecule has 2 rings (SSSR count). The molecule has 0 atom stereocenters. The maximum atomic E-state index is 4.59. The molecule has 18 heavy (non-hydrogen) atoms. The van der Waals surface area contributed by atoms with E-state index in [1.54, 1.807) is 0 Å². The van der Waals surface area contributed by atoms with E-state index in [2.05, 4.69) is 19.9 Å². The molecule has 0 aliphatic carbocycles. The van der Waals surface area contributed by atoms with Gasteiger partial charge in [-0.25, -0.2) is 19.9 Å². The molecule has 96 valence electrons. The van der Waals surface area contributed by atoms with Crippen LogP contribution in [0, 0.1) is 13.8 Å². The van der Waals surface area contributed by atoms with E-state index in [0.29, 0.717) is 5.82 Å². The van der Waals surface area contributed by atoms with Crippen molar-refractivity contribution in [1.82, 2.24) is 15.0 Å². The van der Waals surface area contributed by atoms with Crippen molar-refractivity contribution in [2.24, 2.45) is 4.99 Å². The maximum Gasteiger partial charge on any atom is 0.176 e. The molecule has 0 aliphatic heterocycles. The standard InChI is InChI=1S/C13H14N4.Ni/c1-9-5-4-6-10(2)12(9)17-11(3)13-15-7-14-8-16-13;/h4-8H,1-3H3;. The zero-order valence-electron chi connectivity index (χ0n) is 10.5. The molecule has 2 aromatic rings. The van der Waals surface area contributed by atoms with Crippen molar-refractivity contribution >= 4 is 11.4 Å². The van der Waals surface area contributed by atoms with Crippen LogP contribution in [-0.4, -0.2) is 20.7 Å². The van der Waals surface area contributed by atoms with Gasteiger partial charge in [0.2, 0.25) is 0 Å². The van der Waals surface area contributed by atoms with Gasteiger partial charge in [-0.1, -0.05) is 18.2 Å². The quantitative estimate of drug-likeness (QED) is 0.629. The Labute approximate surface area is 117 Å². The first-order chi connectivity index (χ1) is 8.18. The van der Waals surface area contributed by atoms with Gasteiger partial charge < -0.3 is 0 Å². The van der Waals surface area contributed by atoms with Gasteiger partial charge in [0.05, 0.1) is 11.4 Å². The summed E-state index contributed by atoms with van der Waals surface area (Å²) in [4.78, 5) is 16.5. The molecule has 0 N–H and O–H groups in total. The molecule has 0 fully saturated rings. The third-order valence-electron chi connectivity index (χ3n) is 2.54. The molecule has 1 aromatic heterocycles. The topological polar surface area (TPSA) is 51.0 Å². The first kappa shape index (κ1) is 14.5. The minimum atomic E-state index is 0. The van der Waals surface area contributed by atoms with Crippen molar-refractivity contribution in [3.8, 4) is 0 Å². The second kappa shape index (κ2) is 6.36. The molecule has 4 nitrogen and oxygen atoms in total. The number of aryl methyl sites for hydroxylation is 2. The largest absolute Gasteiger partial charge is 0.249 e. The van der Waals surface area contributed by atoms with Gasteiger partial charge in [-0.3, -0.25) is 0 Å². The van der Waals surface area contributed by atoms with Gasteiger partial charge >= 0.3 is 0 Å². The van der Waals surface area contributed by atoms with Gasteiger partial charge in [0.25, 0.3) is 0 Å². The zero-order chi connectivity index (χ0) is 12.3. The molecule has 0 spiro atoms. The Morgan fingerprint density at radius 2 is 1.61 bits per heavy atom. The molecular formula is C13H14N4Ni. The zero-order valence-corrected chi connectivity index (χ0v) is 11.5. The summed E-state index contributed by atoms with van der Waals surface area (Å²) in [6, 6.07) is 6.13. The number of para-hydroxylation sites is 1. The monoisotopic (exact) mass is 284 g/mol. The van der Waals surface area contributed by atoms with Crippen LogP contribution >= 0.6 is 0 Å². The van der Waals surface area contributed by atoms with Gasteiger partial charge in [-0.05, 0) is 31.9 Å². The van der Waals surface area contributed by atoms with Crippen molar-refractivity contribution in [2.45, 2.75) is 20.8 Å². The van der Waals surface area contributed by atoms with Crippen LogP contribution in [0.3, 0.4) is 0 Å². The van der Waals surface area contributed by atoms with Crippen molar-refractivity contribution in [3.05, 3.63) is 47.8 Å². The Morgan fingerprint density at radius 3 is 2.17 bits per heavy atom. The second-order valence-corrected chi connectivity index (χ2v) is 3.90. The van der Waals surface area contributed by atoms with Crippen LogP contribution in [0.15, 0.2) is 35.8 Å². The molecule has 0 aliphatic rings.